The average molecular weight is 154 g/mol. The fourth-order valence-corrected chi connectivity index (χ4v) is 1.72. The molecule has 0 atom stereocenters. The molecule has 0 saturated heterocycles. The minimum absolute atomic E-state index is 0.968. The maximum absolute atomic E-state index is 3.22. The predicted molar refractivity (Wildman–Crippen MR) is 46.7 cm³/mol. The molecule has 2 heteroatoms. The van der Waals surface area contributed by atoms with Crippen LogP contribution in [0, 0.1) is 0 Å². The number of nitrogens with zero attached hydrogens (tertiary/aromatic N) is 1. The Kier molecular flexibility index (Phi) is 2.14. The van der Waals surface area contributed by atoms with E-state index in [0.717, 1.165) is 18.6 Å². The molecule has 2 nitrogen and oxygen atoms in total. The van der Waals surface area contributed by atoms with Gasteiger partial charge in [-0.3, -0.25) is 4.90 Å². The molecule has 0 aromatic carbocycles. The summed E-state index contributed by atoms with van der Waals surface area (Å²) in [4.78, 5) is 2.70. The van der Waals surface area contributed by atoms with E-state index in [-0.39, 0.29) is 0 Å². The molecule has 2 aliphatic carbocycles. The van der Waals surface area contributed by atoms with Gasteiger partial charge in [0.1, 0.15) is 0 Å². The van der Waals surface area contributed by atoms with Crippen molar-refractivity contribution in [3.05, 3.63) is 0 Å². The standard InChI is InChI=1S/C9H18N2/c1-10-6-7-11(8-2-3-8)9-4-5-9/h8-10H,2-7H2,1H3. The van der Waals surface area contributed by atoms with Crippen molar-refractivity contribution >= 4 is 0 Å². The molecule has 0 aromatic heterocycles. The summed E-state index contributed by atoms with van der Waals surface area (Å²) < 4.78 is 0. The van der Waals surface area contributed by atoms with Gasteiger partial charge >= 0.3 is 0 Å². The van der Waals surface area contributed by atoms with Gasteiger partial charge in [0.25, 0.3) is 0 Å². The zero-order valence-electron chi connectivity index (χ0n) is 7.34. The van der Waals surface area contributed by atoms with E-state index >= 15 is 0 Å². The molecule has 2 saturated carbocycles. The molecular formula is C9H18N2. The molecule has 0 aromatic rings. The fourth-order valence-electron chi connectivity index (χ4n) is 1.72. The fraction of sp³-hybridized carbons (Fsp3) is 1.00. The highest BCUT2D eigenvalue weighted by atomic mass is 15.2. The van der Waals surface area contributed by atoms with Gasteiger partial charge in [0, 0.05) is 25.2 Å². The van der Waals surface area contributed by atoms with Gasteiger partial charge in [-0.05, 0) is 32.7 Å². The third kappa shape index (κ3) is 1.94. The second-order valence-electron chi connectivity index (χ2n) is 3.80. The quantitative estimate of drug-likeness (QED) is 0.631. The first-order valence-corrected chi connectivity index (χ1v) is 4.82. The van der Waals surface area contributed by atoms with Crippen molar-refractivity contribution in [1.29, 1.82) is 0 Å². The number of rotatable bonds is 5. The van der Waals surface area contributed by atoms with Crippen LogP contribution in [0.15, 0.2) is 0 Å². The van der Waals surface area contributed by atoms with Gasteiger partial charge in [0.15, 0.2) is 0 Å². The molecular weight excluding hydrogens is 136 g/mol. The van der Waals surface area contributed by atoms with Gasteiger partial charge in [0.2, 0.25) is 0 Å². The molecule has 0 amide bonds. The van der Waals surface area contributed by atoms with Crippen LogP contribution in [0.4, 0.5) is 0 Å². The summed E-state index contributed by atoms with van der Waals surface area (Å²) in [7, 11) is 2.04. The summed E-state index contributed by atoms with van der Waals surface area (Å²) >= 11 is 0. The van der Waals surface area contributed by atoms with E-state index in [2.05, 4.69) is 10.2 Å². The Hall–Kier alpha value is -0.0800. The third-order valence-electron chi connectivity index (χ3n) is 2.65. The zero-order chi connectivity index (χ0) is 7.68. The van der Waals surface area contributed by atoms with E-state index in [1.165, 1.54) is 32.2 Å². The predicted octanol–water partition coefficient (Wildman–Crippen LogP) is 0.833. The van der Waals surface area contributed by atoms with Gasteiger partial charge in [-0.1, -0.05) is 0 Å². The maximum Gasteiger partial charge on any atom is 0.0113 e. The van der Waals surface area contributed by atoms with E-state index < -0.39 is 0 Å². The van der Waals surface area contributed by atoms with E-state index in [1.807, 2.05) is 7.05 Å². The molecule has 2 fully saturated rings. The molecule has 64 valence electrons. The number of hydrogen-bond donors (Lipinski definition) is 1. The molecule has 2 rings (SSSR count). The van der Waals surface area contributed by atoms with Crippen LogP contribution in [0.25, 0.3) is 0 Å². The summed E-state index contributed by atoms with van der Waals surface area (Å²) in [6, 6.07) is 1.94. The van der Waals surface area contributed by atoms with Gasteiger partial charge in [-0.25, -0.2) is 0 Å². The summed E-state index contributed by atoms with van der Waals surface area (Å²) in [5, 5.41) is 3.22. The SMILES string of the molecule is CNCCN(C1CC1)C1CC1. The van der Waals surface area contributed by atoms with Crippen LogP contribution in [-0.4, -0.2) is 37.1 Å². The summed E-state index contributed by atoms with van der Waals surface area (Å²) in [5.74, 6) is 0. The molecule has 2 aliphatic rings. The first kappa shape index (κ1) is 7.56. The van der Waals surface area contributed by atoms with E-state index in [9.17, 15) is 0 Å². The average Bonchev–Trinajstić information content (AvgIpc) is 2.85. The monoisotopic (exact) mass is 154 g/mol. The molecule has 0 radical (unpaired) electrons. The lowest BCUT2D eigenvalue weighted by atomic mass is 10.4. The molecule has 11 heavy (non-hydrogen) atoms. The van der Waals surface area contributed by atoms with E-state index in [0.29, 0.717) is 0 Å². The van der Waals surface area contributed by atoms with Crippen LogP contribution in [0.3, 0.4) is 0 Å². The van der Waals surface area contributed by atoms with Crippen molar-refractivity contribution < 1.29 is 0 Å². The molecule has 0 unspecified atom stereocenters. The Morgan fingerprint density at radius 3 is 2.09 bits per heavy atom. The van der Waals surface area contributed by atoms with E-state index in [1.54, 1.807) is 0 Å². The Balaban J connectivity index is 1.73. The van der Waals surface area contributed by atoms with Crippen LogP contribution in [0.1, 0.15) is 25.7 Å². The highest BCUT2D eigenvalue weighted by molar-refractivity contribution is 4.94. The first-order chi connectivity index (χ1) is 5.42. The van der Waals surface area contributed by atoms with Gasteiger partial charge in [-0.2, -0.15) is 0 Å². The normalized spacial score (nSPS) is 24.5. The van der Waals surface area contributed by atoms with E-state index in [4.69, 9.17) is 0 Å². The Morgan fingerprint density at radius 1 is 1.18 bits per heavy atom. The topological polar surface area (TPSA) is 15.3 Å². The van der Waals surface area contributed by atoms with Crippen molar-refractivity contribution in [3.63, 3.8) is 0 Å². The molecule has 0 aliphatic heterocycles. The minimum Gasteiger partial charge on any atom is -0.318 e. The second-order valence-corrected chi connectivity index (χ2v) is 3.80. The lowest BCUT2D eigenvalue weighted by molar-refractivity contribution is 0.255. The summed E-state index contributed by atoms with van der Waals surface area (Å²) in [6.45, 7) is 2.43. The molecule has 0 heterocycles. The maximum atomic E-state index is 3.22. The highest BCUT2D eigenvalue weighted by Crippen LogP contribution is 2.36. The van der Waals surface area contributed by atoms with Crippen LogP contribution in [0.2, 0.25) is 0 Å². The van der Waals surface area contributed by atoms with Crippen molar-refractivity contribution in [1.82, 2.24) is 10.2 Å². The lowest BCUT2D eigenvalue weighted by Crippen LogP contribution is -2.34. The summed E-state index contributed by atoms with van der Waals surface area (Å²) in [6.07, 6.45) is 5.83. The van der Waals surface area contributed by atoms with Crippen molar-refractivity contribution in [2.75, 3.05) is 20.1 Å². The number of likely N-dealkylation sites (N-methyl/N-ethyl adjacent to an activating group) is 1. The van der Waals surface area contributed by atoms with Crippen LogP contribution in [-0.2, 0) is 0 Å². The molecule has 1 N–H and O–H groups in total. The van der Waals surface area contributed by atoms with Crippen LogP contribution >= 0.6 is 0 Å². The van der Waals surface area contributed by atoms with Crippen molar-refractivity contribution in [2.45, 2.75) is 37.8 Å². The van der Waals surface area contributed by atoms with Gasteiger partial charge < -0.3 is 5.32 Å². The van der Waals surface area contributed by atoms with Crippen LogP contribution < -0.4 is 5.32 Å². The van der Waals surface area contributed by atoms with Crippen LogP contribution in [0.5, 0.6) is 0 Å². The molecule has 0 spiro atoms. The second kappa shape index (κ2) is 3.11. The largest absolute Gasteiger partial charge is 0.318 e. The lowest BCUT2D eigenvalue weighted by Gasteiger charge is -2.20. The van der Waals surface area contributed by atoms with Crippen molar-refractivity contribution in [3.8, 4) is 0 Å². The van der Waals surface area contributed by atoms with Gasteiger partial charge in [0.05, 0.1) is 0 Å². The highest BCUT2D eigenvalue weighted by Gasteiger charge is 2.38. The first-order valence-electron chi connectivity index (χ1n) is 4.82. The number of hydrogen-bond acceptors (Lipinski definition) is 2. The summed E-state index contributed by atoms with van der Waals surface area (Å²) in [5.41, 5.74) is 0. The zero-order valence-corrected chi connectivity index (χ0v) is 7.34. The Bertz CT molecular complexity index is 116. The smallest absolute Gasteiger partial charge is 0.0113 e. The van der Waals surface area contributed by atoms with Crippen molar-refractivity contribution in [2.24, 2.45) is 0 Å². The number of nitrogens with one attached hydrogen (secondary N) is 1. The molecule has 0 bridgehead atoms. The van der Waals surface area contributed by atoms with Gasteiger partial charge in [-0.15, -0.1) is 0 Å². The Morgan fingerprint density at radius 2 is 1.73 bits per heavy atom. The Labute approximate surface area is 69.0 Å². The minimum atomic E-state index is 0.968. The third-order valence-corrected chi connectivity index (χ3v) is 2.65.